The Morgan fingerprint density at radius 3 is 2.93 bits per heavy atom. The minimum absolute atomic E-state index is 0.441. The third-order valence-electron chi connectivity index (χ3n) is 2.13. The van der Waals surface area contributed by atoms with Gasteiger partial charge in [-0.1, -0.05) is 6.92 Å². The molecule has 0 unspecified atom stereocenters. The summed E-state index contributed by atoms with van der Waals surface area (Å²) in [5.74, 6) is 2.45. The Hall–Kier alpha value is -0.640. The molecule has 86 valence electrons. The minimum atomic E-state index is 0.441. The normalized spacial score (nSPS) is 10.9. The molecule has 4 heteroatoms. The Kier molecular flexibility index (Phi) is 5.61. The molecule has 0 bridgehead atoms. The Bertz CT molecular complexity index is 271. The van der Waals surface area contributed by atoms with Gasteiger partial charge in [0.25, 0.3) is 0 Å². The van der Waals surface area contributed by atoms with E-state index < -0.39 is 0 Å². The molecule has 0 aliphatic carbocycles. The molecule has 3 nitrogen and oxygen atoms in total. The summed E-state index contributed by atoms with van der Waals surface area (Å²) >= 11 is 1.99. The first kappa shape index (κ1) is 12.4. The summed E-state index contributed by atoms with van der Waals surface area (Å²) in [6, 6.07) is 0.441. The summed E-state index contributed by atoms with van der Waals surface area (Å²) in [4.78, 5) is 0. The largest absolute Gasteiger partial charge is 0.382 e. The van der Waals surface area contributed by atoms with Crippen LogP contribution in [-0.2, 0) is 0 Å². The topological polar surface area (TPSA) is 29.9 Å². The lowest BCUT2D eigenvalue weighted by atomic mass is 10.4. The highest BCUT2D eigenvalue weighted by molar-refractivity contribution is 7.99. The van der Waals surface area contributed by atoms with Crippen molar-refractivity contribution in [3.8, 4) is 0 Å². The lowest BCUT2D eigenvalue weighted by Crippen LogP contribution is -2.02. The maximum absolute atomic E-state index is 4.28. The van der Waals surface area contributed by atoms with E-state index in [4.69, 9.17) is 0 Å². The van der Waals surface area contributed by atoms with Crippen molar-refractivity contribution < 1.29 is 0 Å². The fourth-order valence-electron chi connectivity index (χ4n) is 1.26. The molecule has 0 fully saturated rings. The van der Waals surface area contributed by atoms with Crippen molar-refractivity contribution in [2.24, 2.45) is 0 Å². The Labute approximate surface area is 96.6 Å². The van der Waals surface area contributed by atoms with Crippen LogP contribution in [0.2, 0.25) is 0 Å². The van der Waals surface area contributed by atoms with E-state index in [0.717, 1.165) is 12.2 Å². The molecule has 0 aliphatic heterocycles. The average Bonchev–Trinajstić information content (AvgIpc) is 2.66. The van der Waals surface area contributed by atoms with Crippen LogP contribution in [0.15, 0.2) is 12.4 Å². The number of hydrogen-bond donors (Lipinski definition) is 1. The molecule has 1 heterocycles. The van der Waals surface area contributed by atoms with Crippen molar-refractivity contribution in [1.82, 2.24) is 9.78 Å². The van der Waals surface area contributed by atoms with Crippen molar-refractivity contribution in [2.75, 3.05) is 23.4 Å². The second-order valence-corrected chi connectivity index (χ2v) is 5.17. The standard InChI is InChI=1S/C11H21N3S/c1-4-15-7-5-6-12-11-8-13-14(9-11)10(2)3/h8-10,12H,4-7H2,1-3H3. The number of nitrogens with one attached hydrogen (secondary N) is 1. The van der Waals surface area contributed by atoms with Gasteiger partial charge in [0.2, 0.25) is 0 Å². The molecule has 0 aliphatic rings. The maximum atomic E-state index is 4.28. The van der Waals surface area contributed by atoms with Gasteiger partial charge in [0.1, 0.15) is 0 Å². The van der Waals surface area contributed by atoms with Crippen LogP contribution in [0.5, 0.6) is 0 Å². The first-order chi connectivity index (χ1) is 7.24. The van der Waals surface area contributed by atoms with Crippen LogP contribution in [0.3, 0.4) is 0 Å². The number of anilines is 1. The molecule has 15 heavy (non-hydrogen) atoms. The first-order valence-corrected chi connectivity index (χ1v) is 6.75. The molecule has 0 saturated heterocycles. The third kappa shape index (κ3) is 4.60. The second-order valence-electron chi connectivity index (χ2n) is 3.78. The summed E-state index contributed by atoms with van der Waals surface area (Å²) in [5, 5.41) is 7.66. The summed E-state index contributed by atoms with van der Waals surface area (Å²) in [5.41, 5.74) is 1.13. The van der Waals surface area contributed by atoms with Gasteiger partial charge in [0, 0.05) is 18.8 Å². The highest BCUT2D eigenvalue weighted by Crippen LogP contribution is 2.10. The number of thioether (sulfide) groups is 1. The quantitative estimate of drug-likeness (QED) is 0.726. The van der Waals surface area contributed by atoms with Crippen molar-refractivity contribution in [1.29, 1.82) is 0 Å². The van der Waals surface area contributed by atoms with E-state index in [1.165, 1.54) is 17.9 Å². The molecule has 1 aromatic rings. The fourth-order valence-corrected chi connectivity index (χ4v) is 1.90. The summed E-state index contributed by atoms with van der Waals surface area (Å²) in [7, 11) is 0. The fraction of sp³-hybridized carbons (Fsp3) is 0.727. The van der Waals surface area contributed by atoms with E-state index in [1.54, 1.807) is 0 Å². The Morgan fingerprint density at radius 2 is 2.33 bits per heavy atom. The maximum Gasteiger partial charge on any atom is 0.0726 e. The zero-order valence-corrected chi connectivity index (χ0v) is 10.7. The zero-order chi connectivity index (χ0) is 11.1. The van der Waals surface area contributed by atoms with Crippen LogP contribution < -0.4 is 5.32 Å². The van der Waals surface area contributed by atoms with Crippen molar-refractivity contribution in [3.63, 3.8) is 0 Å². The minimum Gasteiger partial charge on any atom is -0.382 e. The SMILES string of the molecule is CCSCCCNc1cnn(C(C)C)c1. The van der Waals surface area contributed by atoms with Gasteiger partial charge in [0.15, 0.2) is 0 Å². The summed E-state index contributed by atoms with van der Waals surface area (Å²) in [6.45, 7) is 7.50. The smallest absolute Gasteiger partial charge is 0.0726 e. The number of nitrogens with zero attached hydrogens (tertiary/aromatic N) is 2. The number of aromatic nitrogens is 2. The van der Waals surface area contributed by atoms with Crippen molar-refractivity contribution >= 4 is 17.4 Å². The molecule has 0 amide bonds. The summed E-state index contributed by atoms with van der Waals surface area (Å²) in [6.07, 6.45) is 5.18. The van der Waals surface area contributed by atoms with E-state index in [9.17, 15) is 0 Å². The van der Waals surface area contributed by atoms with Crippen LogP contribution in [0.25, 0.3) is 0 Å². The van der Waals surface area contributed by atoms with E-state index >= 15 is 0 Å². The van der Waals surface area contributed by atoms with Gasteiger partial charge in [-0.05, 0) is 31.8 Å². The lowest BCUT2D eigenvalue weighted by molar-refractivity contribution is 0.532. The van der Waals surface area contributed by atoms with Crippen LogP contribution >= 0.6 is 11.8 Å². The predicted molar refractivity (Wildman–Crippen MR) is 68.7 cm³/mol. The molecule has 1 aromatic heterocycles. The third-order valence-corrected chi connectivity index (χ3v) is 3.11. The van der Waals surface area contributed by atoms with Gasteiger partial charge in [0.05, 0.1) is 11.9 Å². The Balaban J connectivity index is 2.20. The molecular formula is C11H21N3S. The predicted octanol–water partition coefficient (Wildman–Crippen LogP) is 3.02. The average molecular weight is 227 g/mol. The monoisotopic (exact) mass is 227 g/mol. The summed E-state index contributed by atoms with van der Waals surface area (Å²) < 4.78 is 1.98. The van der Waals surface area contributed by atoms with Gasteiger partial charge < -0.3 is 5.32 Å². The lowest BCUT2D eigenvalue weighted by Gasteiger charge is -2.04. The molecule has 0 atom stereocenters. The van der Waals surface area contributed by atoms with Crippen molar-refractivity contribution in [3.05, 3.63) is 12.4 Å². The van der Waals surface area contributed by atoms with Crippen LogP contribution in [-0.4, -0.2) is 27.8 Å². The highest BCUT2D eigenvalue weighted by Gasteiger charge is 2.00. The number of hydrogen-bond acceptors (Lipinski definition) is 3. The molecule has 0 aromatic carbocycles. The molecule has 1 N–H and O–H groups in total. The first-order valence-electron chi connectivity index (χ1n) is 5.59. The zero-order valence-electron chi connectivity index (χ0n) is 9.86. The van der Waals surface area contributed by atoms with E-state index in [0.29, 0.717) is 6.04 Å². The van der Waals surface area contributed by atoms with Gasteiger partial charge in [-0.2, -0.15) is 16.9 Å². The van der Waals surface area contributed by atoms with E-state index in [1.807, 2.05) is 22.6 Å². The molecule has 1 rings (SSSR count). The molecule has 0 radical (unpaired) electrons. The van der Waals surface area contributed by atoms with Crippen LogP contribution in [0.1, 0.15) is 33.2 Å². The van der Waals surface area contributed by atoms with Gasteiger partial charge in [-0.15, -0.1) is 0 Å². The Morgan fingerprint density at radius 1 is 1.53 bits per heavy atom. The second kappa shape index (κ2) is 6.77. The highest BCUT2D eigenvalue weighted by atomic mass is 32.2. The van der Waals surface area contributed by atoms with Crippen LogP contribution in [0, 0.1) is 0 Å². The van der Waals surface area contributed by atoms with Crippen molar-refractivity contribution in [2.45, 2.75) is 33.2 Å². The van der Waals surface area contributed by atoms with E-state index in [-0.39, 0.29) is 0 Å². The van der Waals surface area contributed by atoms with Gasteiger partial charge in [-0.25, -0.2) is 0 Å². The van der Waals surface area contributed by atoms with Crippen LogP contribution in [0.4, 0.5) is 5.69 Å². The van der Waals surface area contributed by atoms with Gasteiger partial charge in [-0.3, -0.25) is 4.68 Å². The number of rotatable bonds is 7. The molecular weight excluding hydrogens is 206 g/mol. The van der Waals surface area contributed by atoms with Gasteiger partial charge >= 0.3 is 0 Å². The molecule has 0 spiro atoms. The molecule has 0 saturated carbocycles. The van der Waals surface area contributed by atoms with E-state index in [2.05, 4.69) is 37.4 Å².